The molecule has 1 unspecified atom stereocenters. The largest absolute Gasteiger partial charge is 0.360 e. The van der Waals surface area contributed by atoms with Crippen LogP contribution in [0, 0.1) is 0 Å². The molecule has 0 saturated heterocycles. The van der Waals surface area contributed by atoms with Crippen molar-refractivity contribution in [2.24, 2.45) is 5.16 Å². The molecule has 1 atom stereocenters. The molecule has 3 nitrogen and oxygen atoms in total. The SMILES string of the molecule is CCCC1(O)CC=NO1. The summed E-state index contributed by atoms with van der Waals surface area (Å²) in [5, 5.41) is 12.8. The summed E-state index contributed by atoms with van der Waals surface area (Å²) >= 11 is 0. The van der Waals surface area contributed by atoms with Crippen molar-refractivity contribution in [2.75, 3.05) is 0 Å². The number of aliphatic hydroxyl groups is 1. The Bertz CT molecular complexity index is 114. The fraction of sp³-hybridized carbons (Fsp3) is 0.833. The Morgan fingerprint density at radius 2 is 2.67 bits per heavy atom. The normalized spacial score (nSPS) is 32.7. The smallest absolute Gasteiger partial charge is 0.239 e. The van der Waals surface area contributed by atoms with Gasteiger partial charge in [0.25, 0.3) is 0 Å². The van der Waals surface area contributed by atoms with Crippen molar-refractivity contribution >= 4 is 6.21 Å². The monoisotopic (exact) mass is 129 g/mol. The van der Waals surface area contributed by atoms with Gasteiger partial charge in [-0.05, 0) is 6.42 Å². The fourth-order valence-corrected chi connectivity index (χ4v) is 0.891. The maximum atomic E-state index is 9.34. The van der Waals surface area contributed by atoms with Gasteiger partial charge in [0.1, 0.15) is 0 Å². The van der Waals surface area contributed by atoms with Gasteiger partial charge in [-0.1, -0.05) is 12.1 Å². The molecule has 1 heterocycles. The lowest BCUT2D eigenvalue weighted by atomic mass is 10.1. The Morgan fingerprint density at radius 3 is 3.11 bits per heavy atom. The zero-order chi connectivity index (χ0) is 6.74. The van der Waals surface area contributed by atoms with Crippen LogP contribution >= 0.6 is 0 Å². The molecule has 0 spiro atoms. The van der Waals surface area contributed by atoms with Crippen molar-refractivity contribution in [2.45, 2.75) is 32.0 Å². The zero-order valence-corrected chi connectivity index (χ0v) is 5.50. The van der Waals surface area contributed by atoms with Crippen LogP contribution in [0.5, 0.6) is 0 Å². The maximum absolute atomic E-state index is 9.34. The van der Waals surface area contributed by atoms with Gasteiger partial charge < -0.3 is 9.94 Å². The molecular formula is C6H11NO2. The molecule has 1 N–H and O–H groups in total. The van der Waals surface area contributed by atoms with E-state index in [1.54, 1.807) is 6.21 Å². The van der Waals surface area contributed by atoms with Crippen molar-refractivity contribution in [1.29, 1.82) is 0 Å². The minimum absolute atomic E-state index is 0.529. The molecule has 0 bridgehead atoms. The van der Waals surface area contributed by atoms with Crippen LogP contribution in [0.2, 0.25) is 0 Å². The topological polar surface area (TPSA) is 41.8 Å². The summed E-state index contributed by atoms with van der Waals surface area (Å²) in [4.78, 5) is 4.71. The fourth-order valence-electron chi connectivity index (χ4n) is 0.891. The van der Waals surface area contributed by atoms with Gasteiger partial charge in [-0.25, -0.2) is 0 Å². The first-order chi connectivity index (χ1) is 4.27. The molecule has 1 aliphatic heterocycles. The summed E-state index contributed by atoms with van der Waals surface area (Å²) in [7, 11) is 0. The molecule has 0 radical (unpaired) electrons. The van der Waals surface area contributed by atoms with E-state index in [4.69, 9.17) is 4.84 Å². The van der Waals surface area contributed by atoms with Gasteiger partial charge in [0.2, 0.25) is 5.79 Å². The van der Waals surface area contributed by atoms with E-state index in [-0.39, 0.29) is 0 Å². The molecule has 0 amide bonds. The van der Waals surface area contributed by atoms with Crippen LogP contribution in [0.4, 0.5) is 0 Å². The first-order valence-corrected chi connectivity index (χ1v) is 3.19. The Hall–Kier alpha value is -0.570. The molecule has 0 aromatic heterocycles. The van der Waals surface area contributed by atoms with E-state index >= 15 is 0 Å². The highest BCUT2D eigenvalue weighted by molar-refractivity contribution is 5.59. The number of nitrogens with zero attached hydrogens (tertiary/aromatic N) is 1. The minimum atomic E-state index is -0.977. The Kier molecular flexibility index (Phi) is 1.71. The van der Waals surface area contributed by atoms with Crippen molar-refractivity contribution in [3.63, 3.8) is 0 Å². The van der Waals surface area contributed by atoms with Crippen LogP contribution in [0.1, 0.15) is 26.2 Å². The second-order valence-corrected chi connectivity index (χ2v) is 2.28. The number of oxime groups is 1. The molecule has 0 fully saturated rings. The molecule has 0 aliphatic carbocycles. The standard InChI is InChI=1S/C6H11NO2/c1-2-3-6(8)4-5-7-9-6/h5,8H,2-4H2,1H3. The van der Waals surface area contributed by atoms with Crippen LogP contribution in [0.25, 0.3) is 0 Å². The molecule has 0 aromatic carbocycles. The van der Waals surface area contributed by atoms with Gasteiger partial charge in [-0.15, -0.1) is 0 Å². The second-order valence-electron chi connectivity index (χ2n) is 2.28. The number of hydrogen-bond acceptors (Lipinski definition) is 3. The van der Waals surface area contributed by atoms with Crippen molar-refractivity contribution in [3.05, 3.63) is 0 Å². The van der Waals surface area contributed by atoms with Gasteiger partial charge >= 0.3 is 0 Å². The van der Waals surface area contributed by atoms with E-state index < -0.39 is 5.79 Å². The third-order valence-electron chi connectivity index (χ3n) is 1.35. The van der Waals surface area contributed by atoms with Crippen LogP contribution in [0.3, 0.4) is 0 Å². The Labute approximate surface area is 54.3 Å². The van der Waals surface area contributed by atoms with Crippen molar-refractivity contribution in [1.82, 2.24) is 0 Å². The summed E-state index contributed by atoms with van der Waals surface area (Å²) in [6.45, 7) is 2.00. The average molecular weight is 129 g/mol. The molecule has 52 valence electrons. The summed E-state index contributed by atoms with van der Waals surface area (Å²) in [6.07, 6.45) is 3.70. The van der Waals surface area contributed by atoms with Crippen molar-refractivity contribution in [3.8, 4) is 0 Å². The Morgan fingerprint density at radius 1 is 1.89 bits per heavy atom. The molecule has 3 heteroatoms. The van der Waals surface area contributed by atoms with Gasteiger partial charge in [-0.2, -0.15) is 0 Å². The van der Waals surface area contributed by atoms with E-state index in [0.717, 1.165) is 6.42 Å². The van der Waals surface area contributed by atoms with Gasteiger partial charge in [0.15, 0.2) is 0 Å². The summed E-state index contributed by atoms with van der Waals surface area (Å²) in [5.41, 5.74) is 0. The lowest BCUT2D eigenvalue weighted by molar-refractivity contribution is -0.189. The van der Waals surface area contributed by atoms with E-state index in [2.05, 4.69) is 5.16 Å². The highest BCUT2D eigenvalue weighted by atomic mass is 16.7. The number of hydrogen-bond donors (Lipinski definition) is 1. The summed E-state index contributed by atoms with van der Waals surface area (Å²) in [6, 6.07) is 0. The predicted octanol–water partition coefficient (Wildman–Crippen LogP) is 0.881. The average Bonchev–Trinajstić information content (AvgIpc) is 2.16. The van der Waals surface area contributed by atoms with Crippen LogP contribution in [0.15, 0.2) is 5.16 Å². The van der Waals surface area contributed by atoms with E-state index in [1.165, 1.54) is 0 Å². The van der Waals surface area contributed by atoms with E-state index in [1.807, 2.05) is 6.92 Å². The highest BCUT2D eigenvalue weighted by Gasteiger charge is 2.30. The highest BCUT2D eigenvalue weighted by Crippen LogP contribution is 2.21. The molecular weight excluding hydrogens is 118 g/mol. The molecule has 1 rings (SSSR count). The molecule has 1 aliphatic rings. The zero-order valence-electron chi connectivity index (χ0n) is 5.50. The second kappa shape index (κ2) is 2.35. The minimum Gasteiger partial charge on any atom is -0.360 e. The van der Waals surface area contributed by atoms with Gasteiger partial charge in [0.05, 0.1) is 12.6 Å². The van der Waals surface area contributed by atoms with Gasteiger partial charge in [-0.3, -0.25) is 0 Å². The van der Waals surface area contributed by atoms with E-state index in [0.29, 0.717) is 12.8 Å². The third-order valence-corrected chi connectivity index (χ3v) is 1.35. The van der Waals surface area contributed by atoms with Gasteiger partial charge in [0, 0.05) is 6.42 Å². The molecule has 9 heavy (non-hydrogen) atoms. The summed E-state index contributed by atoms with van der Waals surface area (Å²) < 4.78 is 0. The Balaban J connectivity index is 2.36. The van der Waals surface area contributed by atoms with Crippen LogP contribution < -0.4 is 0 Å². The van der Waals surface area contributed by atoms with Crippen LogP contribution in [-0.4, -0.2) is 17.1 Å². The summed E-state index contributed by atoms with van der Waals surface area (Å²) in [5.74, 6) is -0.977. The van der Waals surface area contributed by atoms with Crippen LogP contribution in [-0.2, 0) is 4.84 Å². The maximum Gasteiger partial charge on any atom is 0.239 e. The first-order valence-electron chi connectivity index (χ1n) is 3.19. The molecule has 0 saturated carbocycles. The van der Waals surface area contributed by atoms with E-state index in [9.17, 15) is 5.11 Å². The first kappa shape index (κ1) is 6.55. The lowest BCUT2D eigenvalue weighted by Gasteiger charge is -2.17. The lowest BCUT2D eigenvalue weighted by Crippen LogP contribution is -2.26. The molecule has 0 aromatic rings. The quantitative estimate of drug-likeness (QED) is 0.601. The predicted molar refractivity (Wildman–Crippen MR) is 34.1 cm³/mol. The number of rotatable bonds is 2. The van der Waals surface area contributed by atoms with Crippen molar-refractivity contribution < 1.29 is 9.94 Å². The third kappa shape index (κ3) is 1.42.